The van der Waals surface area contributed by atoms with Gasteiger partial charge in [0.15, 0.2) is 16.6 Å². The van der Waals surface area contributed by atoms with E-state index in [4.69, 9.17) is 28.6 Å². The third-order valence-electron chi connectivity index (χ3n) is 5.73. The summed E-state index contributed by atoms with van der Waals surface area (Å²) in [6.45, 7) is 3.13. The number of hydrazone groups is 1. The SMILES string of the molecule is CC(C)(O)/C(C=N)=N/Nc1ncc(NC(=O)N2C[C@@](C)(C(F)(F)F)c3c2cnc2cc(Cl)nn32)cc1Cl. The second-order valence-electron chi connectivity index (χ2n) is 8.94. The number of carbonyl (C=O) groups is 1. The van der Waals surface area contributed by atoms with Gasteiger partial charge in [0.05, 0.1) is 34.5 Å². The number of pyridine rings is 1. The van der Waals surface area contributed by atoms with Crippen LogP contribution in [-0.4, -0.2) is 61.0 Å². The number of alkyl halides is 3. The molecule has 196 valence electrons. The van der Waals surface area contributed by atoms with Crippen LogP contribution in [0.3, 0.4) is 0 Å². The summed E-state index contributed by atoms with van der Waals surface area (Å²) < 4.78 is 43.7. The minimum Gasteiger partial charge on any atom is -0.384 e. The maximum absolute atomic E-state index is 14.2. The van der Waals surface area contributed by atoms with Crippen molar-refractivity contribution >= 4 is 64.0 Å². The Balaban J connectivity index is 1.62. The zero-order chi connectivity index (χ0) is 27.3. The van der Waals surface area contributed by atoms with Crippen molar-refractivity contribution in [1.82, 2.24) is 19.6 Å². The molecule has 0 saturated carbocycles. The minimum atomic E-state index is -4.72. The molecular formula is C21H20Cl2F3N9O2. The minimum absolute atomic E-state index is 0.00402. The molecule has 1 aliphatic heterocycles. The number of nitrogens with zero attached hydrogens (tertiary/aromatic N) is 6. The fraction of sp³-hybridized carbons (Fsp3) is 0.333. The predicted molar refractivity (Wildman–Crippen MR) is 133 cm³/mol. The van der Waals surface area contributed by atoms with Crippen LogP contribution in [-0.2, 0) is 5.41 Å². The molecule has 4 N–H and O–H groups in total. The third-order valence-corrected chi connectivity index (χ3v) is 6.20. The van der Waals surface area contributed by atoms with Crippen molar-refractivity contribution in [3.8, 4) is 0 Å². The van der Waals surface area contributed by atoms with Crippen molar-refractivity contribution < 1.29 is 23.1 Å². The first kappa shape index (κ1) is 26.6. The first-order valence-electron chi connectivity index (χ1n) is 10.6. The lowest BCUT2D eigenvalue weighted by atomic mass is 9.88. The number of amides is 2. The maximum Gasteiger partial charge on any atom is 0.401 e. The number of aromatic nitrogens is 4. The summed E-state index contributed by atoms with van der Waals surface area (Å²) in [4.78, 5) is 22.1. The Hall–Kier alpha value is -3.49. The van der Waals surface area contributed by atoms with Gasteiger partial charge in [-0.15, -0.1) is 0 Å². The molecule has 11 nitrogen and oxygen atoms in total. The molecule has 4 rings (SSSR count). The van der Waals surface area contributed by atoms with Gasteiger partial charge in [-0.05, 0) is 26.8 Å². The molecule has 0 unspecified atom stereocenters. The van der Waals surface area contributed by atoms with Gasteiger partial charge in [0.25, 0.3) is 0 Å². The molecule has 16 heteroatoms. The van der Waals surface area contributed by atoms with Crippen molar-refractivity contribution in [1.29, 1.82) is 5.41 Å². The second-order valence-corrected chi connectivity index (χ2v) is 9.74. The van der Waals surface area contributed by atoms with Crippen LogP contribution in [0.5, 0.6) is 0 Å². The van der Waals surface area contributed by atoms with Gasteiger partial charge in [0.2, 0.25) is 0 Å². The van der Waals surface area contributed by atoms with Crippen molar-refractivity contribution in [3.63, 3.8) is 0 Å². The number of anilines is 3. The standard InChI is InChI=1S/C21H20Cl2F3N9O2/c1-19(2,37)13(6-27)31-32-17-11(22)4-10(7-29-17)30-18(36)34-9-20(3,21(24,25)26)16-12(34)8-28-15-5-14(23)33-35(15)16/h4-8,27,37H,9H2,1-3H3,(H,29,32)(H,30,36)/b27-6?,31-13+/t20-/m1/s1. The smallest absolute Gasteiger partial charge is 0.384 e. The summed E-state index contributed by atoms with van der Waals surface area (Å²) in [6.07, 6.45) is -1.48. The van der Waals surface area contributed by atoms with E-state index in [9.17, 15) is 23.1 Å². The lowest BCUT2D eigenvalue weighted by Gasteiger charge is -2.28. The highest BCUT2D eigenvalue weighted by Gasteiger charge is 2.60. The normalized spacial score (nSPS) is 18.2. The van der Waals surface area contributed by atoms with Crippen LogP contribution in [0.15, 0.2) is 29.6 Å². The number of carbonyl (C=O) groups excluding carboxylic acids is 1. The van der Waals surface area contributed by atoms with Gasteiger partial charge in [-0.2, -0.15) is 23.4 Å². The fourth-order valence-corrected chi connectivity index (χ4v) is 4.11. The Morgan fingerprint density at radius 1 is 1.27 bits per heavy atom. The Bertz CT molecular complexity index is 1440. The van der Waals surface area contributed by atoms with Gasteiger partial charge in [0, 0.05) is 18.8 Å². The predicted octanol–water partition coefficient (Wildman–Crippen LogP) is 4.49. The molecule has 3 aromatic rings. The summed E-state index contributed by atoms with van der Waals surface area (Å²) in [5.74, 6) is 0.0570. The van der Waals surface area contributed by atoms with E-state index >= 15 is 0 Å². The Morgan fingerprint density at radius 3 is 2.57 bits per heavy atom. The molecule has 0 aliphatic carbocycles. The topological polar surface area (TPSA) is 144 Å². The molecule has 3 aromatic heterocycles. The van der Waals surface area contributed by atoms with E-state index in [1.807, 2.05) is 0 Å². The molecule has 0 fully saturated rings. The number of aliphatic hydroxyl groups is 1. The zero-order valence-electron chi connectivity index (χ0n) is 19.5. The van der Waals surface area contributed by atoms with Gasteiger partial charge in [-0.25, -0.2) is 19.3 Å². The number of rotatable bonds is 5. The number of nitrogens with one attached hydrogen (secondary N) is 3. The maximum atomic E-state index is 14.2. The summed E-state index contributed by atoms with van der Waals surface area (Å²) >= 11 is 12.1. The first-order chi connectivity index (χ1) is 17.2. The average molecular weight is 558 g/mol. The molecule has 0 radical (unpaired) electrons. The highest BCUT2D eigenvalue weighted by Crippen LogP contribution is 2.50. The first-order valence-corrected chi connectivity index (χ1v) is 11.3. The number of fused-ring (bicyclic) bond motifs is 3. The van der Waals surface area contributed by atoms with E-state index in [1.54, 1.807) is 0 Å². The van der Waals surface area contributed by atoms with Crippen molar-refractivity contribution in [3.05, 3.63) is 40.4 Å². The molecule has 4 heterocycles. The monoisotopic (exact) mass is 557 g/mol. The number of hydrogen-bond donors (Lipinski definition) is 4. The van der Waals surface area contributed by atoms with E-state index < -0.39 is 29.8 Å². The molecular weight excluding hydrogens is 538 g/mol. The number of urea groups is 1. The van der Waals surface area contributed by atoms with Crippen LogP contribution >= 0.6 is 23.2 Å². The third kappa shape index (κ3) is 4.79. The Labute approximate surface area is 217 Å². The average Bonchev–Trinajstić information content (AvgIpc) is 3.31. The largest absolute Gasteiger partial charge is 0.401 e. The van der Waals surface area contributed by atoms with Crippen molar-refractivity contribution in [2.45, 2.75) is 38.0 Å². The second kappa shape index (κ2) is 9.11. The van der Waals surface area contributed by atoms with E-state index in [0.29, 0.717) is 0 Å². The molecule has 1 aliphatic rings. The fourth-order valence-electron chi connectivity index (χ4n) is 3.73. The highest BCUT2D eigenvalue weighted by molar-refractivity contribution is 6.34. The van der Waals surface area contributed by atoms with Crippen LogP contribution < -0.4 is 15.6 Å². The molecule has 0 spiro atoms. The quantitative estimate of drug-likeness (QED) is 0.268. The Morgan fingerprint density at radius 2 is 1.97 bits per heavy atom. The molecule has 0 saturated heterocycles. The van der Waals surface area contributed by atoms with Gasteiger partial charge in [0.1, 0.15) is 16.7 Å². The van der Waals surface area contributed by atoms with Crippen molar-refractivity contribution in [2.75, 3.05) is 22.2 Å². The summed E-state index contributed by atoms with van der Waals surface area (Å²) in [5.41, 5.74) is -1.47. The summed E-state index contributed by atoms with van der Waals surface area (Å²) in [6, 6.07) is 1.76. The molecule has 37 heavy (non-hydrogen) atoms. The Kier molecular flexibility index (Phi) is 6.55. The van der Waals surface area contributed by atoms with E-state index in [2.05, 4.69) is 30.9 Å². The lowest BCUT2D eigenvalue weighted by Crippen LogP contribution is -2.46. The molecule has 0 bridgehead atoms. The zero-order valence-corrected chi connectivity index (χ0v) is 21.0. The highest BCUT2D eigenvalue weighted by atomic mass is 35.5. The van der Waals surface area contributed by atoms with Crippen LogP contribution in [0.1, 0.15) is 26.5 Å². The lowest BCUT2D eigenvalue weighted by molar-refractivity contribution is -0.181. The number of hydrogen-bond acceptors (Lipinski definition) is 8. The summed E-state index contributed by atoms with van der Waals surface area (Å²) in [5, 5.41) is 27.6. The van der Waals surface area contributed by atoms with Gasteiger partial charge < -0.3 is 15.8 Å². The van der Waals surface area contributed by atoms with E-state index in [0.717, 1.165) is 22.6 Å². The van der Waals surface area contributed by atoms with Gasteiger partial charge >= 0.3 is 12.2 Å². The molecule has 2 amide bonds. The van der Waals surface area contributed by atoms with E-state index in [-0.39, 0.29) is 44.4 Å². The number of halogens is 5. The van der Waals surface area contributed by atoms with Crippen LogP contribution in [0, 0.1) is 5.41 Å². The van der Waals surface area contributed by atoms with Gasteiger partial charge in [-0.1, -0.05) is 23.2 Å². The van der Waals surface area contributed by atoms with Crippen LogP contribution in [0.2, 0.25) is 10.2 Å². The van der Waals surface area contributed by atoms with Crippen molar-refractivity contribution in [2.24, 2.45) is 5.10 Å². The van der Waals surface area contributed by atoms with E-state index in [1.165, 1.54) is 38.4 Å². The van der Waals surface area contributed by atoms with Crippen LogP contribution in [0.4, 0.5) is 35.2 Å². The van der Waals surface area contributed by atoms with Crippen LogP contribution in [0.25, 0.3) is 5.65 Å². The van der Waals surface area contributed by atoms with Gasteiger partial charge in [-0.3, -0.25) is 10.3 Å². The summed E-state index contributed by atoms with van der Waals surface area (Å²) in [7, 11) is 0. The molecule has 1 atom stereocenters. The molecule has 0 aromatic carbocycles.